The molecule has 3 aromatic rings. The summed E-state index contributed by atoms with van der Waals surface area (Å²) in [5.74, 6) is 0.988. The molecule has 2 aromatic heterocycles. The van der Waals surface area contributed by atoms with Crippen molar-refractivity contribution in [3.05, 3.63) is 46.5 Å². The van der Waals surface area contributed by atoms with Crippen LogP contribution in [0, 0.1) is 17.2 Å². The minimum atomic E-state index is -1.93. The third-order valence-corrected chi connectivity index (χ3v) is 17.1. The summed E-state index contributed by atoms with van der Waals surface area (Å²) in [6.45, 7) is 20.3. The number of carbonyl (C=O) groups is 1. The predicted molar refractivity (Wildman–Crippen MR) is 205 cm³/mol. The van der Waals surface area contributed by atoms with E-state index in [1.807, 2.05) is 31.9 Å². The molecule has 0 bridgehead atoms. The number of ether oxygens (including phenoxy) is 3. The molecule has 9 nitrogen and oxygen atoms in total. The molecule has 5 atom stereocenters. The number of thiophene rings is 1. The van der Waals surface area contributed by atoms with Crippen LogP contribution in [0.3, 0.4) is 0 Å². The van der Waals surface area contributed by atoms with Gasteiger partial charge < -0.3 is 28.4 Å². The maximum absolute atomic E-state index is 13.7. The average molecular weight is 731 g/mol. The molecule has 11 heteroatoms. The number of carbonyl (C=O) groups excluding carboxylic acids is 1. The molecule has 1 aliphatic carbocycles. The number of nitrogens with zero attached hydrogens (tertiary/aromatic N) is 4. The minimum absolute atomic E-state index is 0.0691. The van der Waals surface area contributed by atoms with E-state index < -0.39 is 13.9 Å². The summed E-state index contributed by atoms with van der Waals surface area (Å²) in [6, 6.07) is 10.9. The molecule has 5 heterocycles. The van der Waals surface area contributed by atoms with E-state index in [4.69, 9.17) is 23.6 Å². The van der Waals surface area contributed by atoms with E-state index in [0.29, 0.717) is 43.8 Å². The highest BCUT2D eigenvalue weighted by Crippen LogP contribution is 2.58. The number of likely N-dealkylation sites (tertiary alicyclic amines) is 1. The SMILES string of the molecule is CC(C)(C)OC(=O)N1C[C@@H](N2C[C@H]3C[C@@H]3c3cc(C#N)cc(-c4ccnc5cc(CO[Si](C)(C)C(C)(C)C)sc45)c32)C[C@H]1CO[C@H]1CCCCO1. The highest BCUT2D eigenvalue weighted by Gasteiger charge is 2.50. The number of anilines is 1. The first kappa shape index (κ1) is 36.3. The number of amides is 1. The van der Waals surface area contributed by atoms with Gasteiger partial charge in [-0.15, -0.1) is 11.3 Å². The maximum Gasteiger partial charge on any atom is 0.410 e. The van der Waals surface area contributed by atoms with Gasteiger partial charge in [0.1, 0.15) is 5.60 Å². The molecule has 3 fully saturated rings. The molecule has 0 spiro atoms. The van der Waals surface area contributed by atoms with Gasteiger partial charge in [-0.2, -0.15) is 5.26 Å². The lowest BCUT2D eigenvalue weighted by Gasteiger charge is -2.38. The van der Waals surface area contributed by atoms with Crippen molar-refractivity contribution in [3.8, 4) is 17.2 Å². The zero-order chi connectivity index (χ0) is 36.3. The molecule has 1 aromatic carbocycles. The monoisotopic (exact) mass is 730 g/mol. The summed E-state index contributed by atoms with van der Waals surface area (Å²) in [5, 5.41) is 10.4. The third-order valence-electron chi connectivity index (χ3n) is 11.5. The first-order valence-electron chi connectivity index (χ1n) is 18.7. The van der Waals surface area contributed by atoms with Gasteiger partial charge in [0.25, 0.3) is 0 Å². The Labute approximate surface area is 308 Å². The summed E-state index contributed by atoms with van der Waals surface area (Å²) in [6.07, 6.45) is 6.27. The Kier molecular flexibility index (Phi) is 9.81. The van der Waals surface area contributed by atoms with Crippen molar-refractivity contribution < 1.29 is 23.4 Å². The molecule has 7 rings (SSSR count). The number of hydrogen-bond donors (Lipinski definition) is 0. The van der Waals surface area contributed by atoms with Gasteiger partial charge in [-0.05, 0) is 113 Å². The Hall–Kier alpha value is -3.01. The van der Waals surface area contributed by atoms with Crippen LogP contribution in [0.2, 0.25) is 18.1 Å². The fourth-order valence-electron chi connectivity index (χ4n) is 7.66. The molecule has 0 radical (unpaired) electrons. The lowest BCUT2D eigenvalue weighted by Crippen LogP contribution is -2.44. The van der Waals surface area contributed by atoms with E-state index in [9.17, 15) is 10.1 Å². The van der Waals surface area contributed by atoms with Crippen LogP contribution < -0.4 is 4.90 Å². The zero-order valence-electron chi connectivity index (χ0n) is 31.6. The fraction of sp³-hybridized carbons (Fsp3) is 0.625. The Morgan fingerprint density at radius 1 is 1.10 bits per heavy atom. The highest BCUT2D eigenvalue weighted by atomic mass is 32.1. The molecule has 1 saturated carbocycles. The van der Waals surface area contributed by atoms with E-state index in [2.05, 4.69) is 69.1 Å². The van der Waals surface area contributed by atoms with Crippen LogP contribution in [0.25, 0.3) is 21.3 Å². The summed E-state index contributed by atoms with van der Waals surface area (Å²) in [5.41, 5.74) is 5.64. The van der Waals surface area contributed by atoms with E-state index in [-0.39, 0.29) is 29.5 Å². The predicted octanol–water partition coefficient (Wildman–Crippen LogP) is 9.20. The van der Waals surface area contributed by atoms with Crippen LogP contribution in [-0.4, -0.2) is 74.6 Å². The zero-order valence-corrected chi connectivity index (χ0v) is 33.4. The number of hydrogen-bond acceptors (Lipinski definition) is 9. The topological polar surface area (TPSA) is 97.2 Å². The molecular weight excluding hydrogens is 677 g/mol. The number of pyridine rings is 1. The maximum atomic E-state index is 13.7. The lowest BCUT2D eigenvalue weighted by molar-refractivity contribution is -0.168. The van der Waals surface area contributed by atoms with E-state index in [1.54, 1.807) is 11.3 Å². The Balaban J connectivity index is 1.24. The molecule has 1 amide bonds. The lowest BCUT2D eigenvalue weighted by atomic mass is 9.90. The number of nitriles is 1. The van der Waals surface area contributed by atoms with Crippen LogP contribution in [0.5, 0.6) is 0 Å². The Bertz CT molecular complexity index is 1820. The smallest absolute Gasteiger partial charge is 0.410 e. The number of rotatable bonds is 8. The average Bonchev–Trinajstić information content (AvgIpc) is 3.54. The van der Waals surface area contributed by atoms with Crippen LogP contribution in [0.4, 0.5) is 10.5 Å². The van der Waals surface area contributed by atoms with Crippen molar-refractivity contribution >= 4 is 41.7 Å². The van der Waals surface area contributed by atoms with Crippen molar-refractivity contribution in [2.24, 2.45) is 5.92 Å². The van der Waals surface area contributed by atoms with Gasteiger partial charge in [-0.3, -0.25) is 4.98 Å². The van der Waals surface area contributed by atoms with Crippen molar-refractivity contribution in [1.29, 1.82) is 5.26 Å². The first-order valence-corrected chi connectivity index (χ1v) is 22.4. The minimum Gasteiger partial charge on any atom is -0.444 e. The first-order chi connectivity index (χ1) is 24.1. The second-order valence-corrected chi connectivity index (χ2v) is 23.4. The molecule has 274 valence electrons. The van der Waals surface area contributed by atoms with Crippen LogP contribution in [0.15, 0.2) is 30.5 Å². The molecule has 2 saturated heterocycles. The second kappa shape index (κ2) is 13.8. The second-order valence-electron chi connectivity index (χ2n) is 17.5. The van der Waals surface area contributed by atoms with Gasteiger partial charge in [0.15, 0.2) is 14.6 Å². The van der Waals surface area contributed by atoms with E-state index in [0.717, 1.165) is 64.9 Å². The Morgan fingerprint density at radius 3 is 2.61 bits per heavy atom. The van der Waals surface area contributed by atoms with Crippen molar-refractivity contribution in [2.45, 2.75) is 128 Å². The fourth-order valence-corrected chi connectivity index (χ4v) is 9.76. The molecule has 51 heavy (non-hydrogen) atoms. The van der Waals surface area contributed by atoms with Gasteiger partial charge in [-0.1, -0.05) is 20.8 Å². The molecule has 4 aliphatic rings. The van der Waals surface area contributed by atoms with Gasteiger partial charge in [0.2, 0.25) is 0 Å². The third kappa shape index (κ3) is 7.58. The van der Waals surface area contributed by atoms with E-state index in [1.165, 1.54) is 11.3 Å². The van der Waals surface area contributed by atoms with Crippen LogP contribution in [0.1, 0.15) is 95.6 Å². The largest absolute Gasteiger partial charge is 0.444 e. The normalized spacial score (nSPS) is 25.0. The number of benzene rings is 1. The summed E-state index contributed by atoms with van der Waals surface area (Å²) < 4.78 is 25.9. The Morgan fingerprint density at radius 2 is 1.90 bits per heavy atom. The molecule has 0 unspecified atom stereocenters. The van der Waals surface area contributed by atoms with Crippen molar-refractivity contribution in [3.63, 3.8) is 0 Å². The van der Waals surface area contributed by atoms with Gasteiger partial charge in [0, 0.05) is 53.6 Å². The van der Waals surface area contributed by atoms with Gasteiger partial charge >= 0.3 is 6.09 Å². The summed E-state index contributed by atoms with van der Waals surface area (Å²) in [7, 11) is -1.93. The van der Waals surface area contributed by atoms with Crippen molar-refractivity contribution in [1.82, 2.24) is 9.88 Å². The standard InChI is InChI=1S/C40H54N4O5SSi/c1-39(2,3)49-38(45)44-22-27(18-28(44)23-47-35-11-9-10-14-46-35)43-21-26-17-31(26)33-16-25(20-41)15-32(36(33)43)30-12-13-42-34-19-29(50-37(30)34)24-48-51(7,8)40(4,5)6/h12-13,15-16,19,26-28,31,35H,9-11,14,17-18,21-24H2,1-8H3/t26-,27+,28+,31+,35+/m1/s1. The van der Waals surface area contributed by atoms with Crippen LogP contribution in [-0.2, 0) is 25.2 Å². The quantitative estimate of drug-likeness (QED) is 0.212. The number of fused-ring (bicyclic) bond motifs is 4. The van der Waals surface area contributed by atoms with Crippen molar-refractivity contribution in [2.75, 3.05) is 31.2 Å². The summed E-state index contributed by atoms with van der Waals surface area (Å²) in [4.78, 5) is 24.1. The van der Waals surface area contributed by atoms with E-state index >= 15 is 0 Å². The van der Waals surface area contributed by atoms with Gasteiger partial charge in [0.05, 0.1) is 41.1 Å². The molecule has 3 aliphatic heterocycles. The number of aromatic nitrogens is 1. The molecule has 0 N–H and O–H groups in total. The molecular formula is C40H54N4O5SSi. The highest BCUT2D eigenvalue weighted by molar-refractivity contribution is 7.19. The van der Waals surface area contributed by atoms with Gasteiger partial charge in [-0.25, -0.2) is 4.79 Å². The van der Waals surface area contributed by atoms with Crippen LogP contribution >= 0.6 is 11.3 Å². The summed E-state index contributed by atoms with van der Waals surface area (Å²) >= 11 is 1.74.